The summed E-state index contributed by atoms with van der Waals surface area (Å²) in [5, 5.41) is 4.06. The maximum Gasteiger partial charge on any atom is 0.257 e. The molecule has 128 valence electrons. The standard InChI is InChI=1S/C18H17N3O4/c1-23-14-5-2-4-12(10-14)16-19-17(25-20-16)15-6-3-8-21(15)18(22)13-7-9-24-11-13/h2,4-5,7,9-11,15H,3,6,8H2,1H3. The molecule has 1 atom stereocenters. The highest BCUT2D eigenvalue weighted by molar-refractivity contribution is 5.94. The van der Waals surface area contributed by atoms with Crippen molar-refractivity contribution in [1.29, 1.82) is 0 Å². The summed E-state index contributed by atoms with van der Waals surface area (Å²) in [6.07, 6.45) is 4.63. The van der Waals surface area contributed by atoms with Crippen molar-refractivity contribution in [3.05, 3.63) is 54.3 Å². The fraction of sp³-hybridized carbons (Fsp3) is 0.278. The van der Waals surface area contributed by atoms with Gasteiger partial charge in [-0.2, -0.15) is 4.98 Å². The Morgan fingerprint density at radius 3 is 3.08 bits per heavy atom. The smallest absolute Gasteiger partial charge is 0.257 e. The van der Waals surface area contributed by atoms with Gasteiger partial charge in [0.2, 0.25) is 11.7 Å². The molecule has 4 rings (SSSR count). The molecule has 7 nitrogen and oxygen atoms in total. The van der Waals surface area contributed by atoms with E-state index in [0.717, 1.165) is 24.2 Å². The van der Waals surface area contributed by atoms with Gasteiger partial charge in [-0.3, -0.25) is 4.79 Å². The molecule has 3 aromatic rings. The second-order valence-corrected chi connectivity index (χ2v) is 5.86. The number of nitrogens with zero attached hydrogens (tertiary/aromatic N) is 3. The number of carbonyl (C=O) groups excluding carboxylic acids is 1. The van der Waals surface area contributed by atoms with Gasteiger partial charge < -0.3 is 18.6 Å². The number of amides is 1. The highest BCUT2D eigenvalue weighted by atomic mass is 16.5. The topological polar surface area (TPSA) is 81.6 Å². The van der Waals surface area contributed by atoms with E-state index >= 15 is 0 Å². The molecule has 1 fully saturated rings. The van der Waals surface area contributed by atoms with E-state index in [-0.39, 0.29) is 11.9 Å². The molecule has 25 heavy (non-hydrogen) atoms. The number of likely N-dealkylation sites (tertiary alicyclic amines) is 1. The van der Waals surface area contributed by atoms with E-state index < -0.39 is 0 Å². The van der Waals surface area contributed by atoms with E-state index in [4.69, 9.17) is 13.7 Å². The second-order valence-electron chi connectivity index (χ2n) is 5.86. The predicted molar refractivity (Wildman–Crippen MR) is 88.0 cm³/mol. The van der Waals surface area contributed by atoms with Gasteiger partial charge in [0.25, 0.3) is 5.91 Å². The zero-order chi connectivity index (χ0) is 17.2. The Morgan fingerprint density at radius 1 is 1.36 bits per heavy atom. The maximum absolute atomic E-state index is 12.6. The van der Waals surface area contributed by atoms with Crippen molar-refractivity contribution in [3.63, 3.8) is 0 Å². The van der Waals surface area contributed by atoms with Gasteiger partial charge in [-0.25, -0.2) is 0 Å². The highest BCUT2D eigenvalue weighted by Crippen LogP contribution is 2.33. The maximum atomic E-state index is 12.6. The summed E-state index contributed by atoms with van der Waals surface area (Å²) in [6.45, 7) is 0.658. The van der Waals surface area contributed by atoms with Crippen LogP contribution in [0.3, 0.4) is 0 Å². The monoisotopic (exact) mass is 339 g/mol. The molecule has 1 aliphatic rings. The van der Waals surface area contributed by atoms with Gasteiger partial charge >= 0.3 is 0 Å². The van der Waals surface area contributed by atoms with E-state index in [2.05, 4.69) is 10.1 Å². The van der Waals surface area contributed by atoms with Crippen LogP contribution in [0.4, 0.5) is 0 Å². The summed E-state index contributed by atoms with van der Waals surface area (Å²) in [5.41, 5.74) is 1.33. The van der Waals surface area contributed by atoms with E-state index in [1.807, 2.05) is 24.3 Å². The first kappa shape index (κ1) is 15.4. The molecule has 3 heterocycles. The molecule has 1 unspecified atom stereocenters. The lowest BCUT2D eigenvalue weighted by atomic mass is 10.2. The average molecular weight is 339 g/mol. The van der Waals surface area contributed by atoms with Gasteiger partial charge in [0.15, 0.2) is 0 Å². The van der Waals surface area contributed by atoms with Crippen LogP contribution in [0.25, 0.3) is 11.4 Å². The quantitative estimate of drug-likeness (QED) is 0.725. The molecule has 0 bridgehead atoms. The van der Waals surface area contributed by atoms with Crippen LogP contribution in [0, 0.1) is 0 Å². The molecule has 1 aromatic carbocycles. The van der Waals surface area contributed by atoms with Crippen LogP contribution in [-0.4, -0.2) is 34.6 Å². The van der Waals surface area contributed by atoms with Crippen LogP contribution in [0.2, 0.25) is 0 Å². The largest absolute Gasteiger partial charge is 0.497 e. The number of benzene rings is 1. The number of aromatic nitrogens is 2. The fourth-order valence-electron chi connectivity index (χ4n) is 3.07. The highest BCUT2D eigenvalue weighted by Gasteiger charge is 2.35. The lowest BCUT2D eigenvalue weighted by Gasteiger charge is -2.20. The third-order valence-electron chi connectivity index (χ3n) is 4.34. The zero-order valence-corrected chi connectivity index (χ0v) is 13.7. The molecule has 0 saturated carbocycles. The van der Waals surface area contributed by atoms with Crippen molar-refractivity contribution < 1.29 is 18.5 Å². The minimum atomic E-state index is -0.214. The van der Waals surface area contributed by atoms with Gasteiger partial charge in [0.05, 0.1) is 18.9 Å². The summed E-state index contributed by atoms with van der Waals surface area (Å²) < 4.78 is 15.7. The van der Waals surface area contributed by atoms with Crippen LogP contribution < -0.4 is 4.74 Å². The summed E-state index contributed by atoms with van der Waals surface area (Å²) in [7, 11) is 1.61. The molecule has 0 aliphatic carbocycles. The van der Waals surface area contributed by atoms with Gasteiger partial charge in [0, 0.05) is 12.1 Å². The van der Waals surface area contributed by atoms with Crippen LogP contribution in [-0.2, 0) is 0 Å². The Hall–Kier alpha value is -3.09. The summed E-state index contributed by atoms with van der Waals surface area (Å²) in [4.78, 5) is 18.9. The summed E-state index contributed by atoms with van der Waals surface area (Å²) in [5.74, 6) is 1.57. The first-order valence-corrected chi connectivity index (χ1v) is 8.07. The molecule has 1 amide bonds. The zero-order valence-electron chi connectivity index (χ0n) is 13.7. The number of hydrogen-bond acceptors (Lipinski definition) is 6. The minimum Gasteiger partial charge on any atom is -0.497 e. The van der Waals surface area contributed by atoms with Gasteiger partial charge in [-0.1, -0.05) is 17.3 Å². The Bertz CT molecular complexity index is 872. The molecule has 2 aromatic heterocycles. The first-order valence-electron chi connectivity index (χ1n) is 8.07. The predicted octanol–water partition coefficient (Wildman–Crippen LogP) is 3.32. The number of hydrogen-bond donors (Lipinski definition) is 0. The molecule has 1 saturated heterocycles. The Labute approximate surface area is 144 Å². The molecular weight excluding hydrogens is 322 g/mol. The lowest BCUT2D eigenvalue weighted by molar-refractivity contribution is 0.0709. The number of carbonyl (C=O) groups is 1. The third-order valence-corrected chi connectivity index (χ3v) is 4.34. The number of ether oxygens (including phenoxy) is 1. The molecule has 0 spiro atoms. The lowest BCUT2D eigenvalue weighted by Crippen LogP contribution is -2.30. The summed E-state index contributed by atoms with van der Waals surface area (Å²) >= 11 is 0. The van der Waals surface area contributed by atoms with Crippen LogP contribution in [0.15, 0.2) is 51.8 Å². The van der Waals surface area contributed by atoms with E-state index in [9.17, 15) is 4.79 Å². The molecule has 0 N–H and O–H groups in total. The third kappa shape index (κ3) is 2.88. The van der Waals surface area contributed by atoms with Crippen molar-refractivity contribution in [2.75, 3.05) is 13.7 Å². The van der Waals surface area contributed by atoms with E-state index in [1.165, 1.54) is 12.5 Å². The Kier molecular flexibility index (Phi) is 3.97. The van der Waals surface area contributed by atoms with Crippen LogP contribution in [0.1, 0.15) is 35.1 Å². The van der Waals surface area contributed by atoms with Gasteiger partial charge in [-0.15, -0.1) is 0 Å². The summed E-state index contributed by atoms with van der Waals surface area (Å²) in [6, 6.07) is 8.90. The Balaban J connectivity index is 1.59. The van der Waals surface area contributed by atoms with Crippen molar-refractivity contribution in [2.45, 2.75) is 18.9 Å². The normalized spacial score (nSPS) is 17.0. The molecule has 1 aliphatic heterocycles. The average Bonchev–Trinajstić information content (AvgIpc) is 3.41. The van der Waals surface area contributed by atoms with Gasteiger partial charge in [0.1, 0.15) is 18.1 Å². The van der Waals surface area contributed by atoms with E-state index in [1.54, 1.807) is 18.1 Å². The van der Waals surface area contributed by atoms with Crippen molar-refractivity contribution in [2.24, 2.45) is 0 Å². The molecule has 0 radical (unpaired) electrons. The van der Waals surface area contributed by atoms with Gasteiger partial charge in [-0.05, 0) is 31.0 Å². The number of furan rings is 1. The fourth-order valence-corrected chi connectivity index (χ4v) is 3.07. The van der Waals surface area contributed by atoms with Crippen molar-refractivity contribution >= 4 is 5.91 Å². The van der Waals surface area contributed by atoms with E-state index in [0.29, 0.717) is 23.8 Å². The second kappa shape index (κ2) is 6.43. The minimum absolute atomic E-state index is 0.0858. The number of rotatable bonds is 4. The van der Waals surface area contributed by atoms with Crippen molar-refractivity contribution in [3.8, 4) is 17.1 Å². The molecular formula is C18H17N3O4. The molecule has 7 heteroatoms. The van der Waals surface area contributed by atoms with Crippen molar-refractivity contribution in [1.82, 2.24) is 15.0 Å². The van der Waals surface area contributed by atoms with Crippen LogP contribution in [0.5, 0.6) is 5.75 Å². The van der Waals surface area contributed by atoms with Crippen LogP contribution >= 0.6 is 0 Å². The SMILES string of the molecule is COc1cccc(-c2noc(C3CCCN3C(=O)c3ccoc3)n2)c1. The number of methoxy groups -OCH3 is 1. The first-order chi connectivity index (χ1) is 12.3. The Morgan fingerprint density at radius 2 is 2.28 bits per heavy atom.